The highest BCUT2D eigenvalue weighted by Gasteiger charge is 2.35. The number of aliphatic imine (C=N–C) groups is 1. The van der Waals surface area contributed by atoms with Gasteiger partial charge in [-0.15, -0.1) is 10.2 Å². The largest absolute Gasteiger partial charge is 0.489 e. The molecule has 9 heteroatoms. The normalized spacial score (nSPS) is 15.8. The number of thioether (sulfide) groups is 1. The molecule has 2 heterocycles. The van der Waals surface area contributed by atoms with E-state index in [0.29, 0.717) is 26.8 Å². The number of nitrogens with zero attached hydrogens (tertiary/aromatic N) is 4. The summed E-state index contributed by atoms with van der Waals surface area (Å²) in [6, 6.07) is 24.6. The number of amidine groups is 1. The lowest BCUT2D eigenvalue weighted by Crippen LogP contribution is -2.28. The van der Waals surface area contributed by atoms with Crippen molar-refractivity contribution in [1.29, 1.82) is 0 Å². The molecule has 5 rings (SSSR count). The van der Waals surface area contributed by atoms with Crippen LogP contribution in [-0.2, 0) is 11.4 Å². The Balaban J connectivity index is 1.36. The monoisotopic (exact) mass is 518 g/mol. The fraction of sp³-hybridized carbons (Fsp3) is 0.0769. The van der Waals surface area contributed by atoms with Gasteiger partial charge in [0.25, 0.3) is 5.91 Å². The number of rotatable bonds is 6. The van der Waals surface area contributed by atoms with Crippen LogP contribution in [0.3, 0.4) is 0 Å². The minimum atomic E-state index is -0.135. The smallest absolute Gasteiger partial charge is 0.271 e. The molecular formula is C26H19ClN4O2S2. The number of para-hydroxylation sites is 1. The highest BCUT2D eigenvalue weighted by molar-refractivity contribution is 8.19. The van der Waals surface area contributed by atoms with Crippen LogP contribution in [0.1, 0.15) is 16.1 Å². The summed E-state index contributed by atoms with van der Waals surface area (Å²) in [5.74, 6) is 0.608. The van der Waals surface area contributed by atoms with Gasteiger partial charge in [-0.25, -0.2) is 0 Å². The van der Waals surface area contributed by atoms with E-state index in [2.05, 4.69) is 15.2 Å². The number of benzene rings is 3. The molecule has 1 saturated heterocycles. The molecule has 0 unspecified atom stereocenters. The first-order valence-electron chi connectivity index (χ1n) is 10.7. The number of halogens is 1. The van der Waals surface area contributed by atoms with Gasteiger partial charge in [-0.05, 0) is 72.3 Å². The van der Waals surface area contributed by atoms with E-state index in [1.165, 1.54) is 23.1 Å². The van der Waals surface area contributed by atoms with Crippen LogP contribution < -0.4 is 9.64 Å². The molecule has 0 N–H and O–H groups in total. The van der Waals surface area contributed by atoms with E-state index in [4.69, 9.17) is 16.3 Å². The van der Waals surface area contributed by atoms with Gasteiger partial charge in [-0.2, -0.15) is 4.99 Å². The Kier molecular flexibility index (Phi) is 6.94. The third-order valence-corrected chi connectivity index (χ3v) is 6.98. The van der Waals surface area contributed by atoms with Crippen molar-refractivity contribution in [1.82, 2.24) is 10.2 Å². The van der Waals surface area contributed by atoms with Crippen LogP contribution in [0.25, 0.3) is 6.08 Å². The first-order chi connectivity index (χ1) is 17.0. The molecule has 0 radical (unpaired) electrons. The van der Waals surface area contributed by atoms with Crippen molar-refractivity contribution in [2.24, 2.45) is 4.99 Å². The molecule has 35 heavy (non-hydrogen) atoms. The van der Waals surface area contributed by atoms with Gasteiger partial charge >= 0.3 is 0 Å². The fourth-order valence-corrected chi connectivity index (χ4v) is 5.05. The number of carbonyl (C=O) groups is 1. The Bertz CT molecular complexity index is 1400. The Morgan fingerprint density at radius 2 is 1.74 bits per heavy atom. The lowest BCUT2D eigenvalue weighted by molar-refractivity contribution is -0.113. The van der Waals surface area contributed by atoms with Crippen molar-refractivity contribution < 1.29 is 9.53 Å². The summed E-state index contributed by atoms with van der Waals surface area (Å²) in [5.41, 5.74) is 2.67. The zero-order chi connectivity index (χ0) is 24.2. The lowest BCUT2D eigenvalue weighted by atomic mass is 10.2. The summed E-state index contributed by atoms with van der Waals surface area (Å²) in [7, 11) is 0. The highest BCUT2D eigenvalue weighted by atomic mass is 35.5. The molecule has 1 aliphatic rings. The number of hydrogen-bond acceptors (Lipinski definition) is 7. The molecule has 0 atom stereocenters. The number of hydrogen-bond donors (Lipinski definition) is 0. The molecule has 0 bridgehead atoms. The van der Waals surface area contributed by atoms with Gasteiger partial charge < -0.3 is 4.74 Å². The van der Waals surface area contributed by atoms with Gasteiger partial charge in [0, 0.05) is 5.02 Å². The summed E-state index contributed by atoms with van der Waals surface area (Å²) in [6.07, 6.45) is 1.86. The third-order valence-electron chi connectivity index (χ3n) is 5.02. The molecule has 1 aromatic heterocycles. The quantitative estimate of drug-likeness (QED) is 0.260. The standard InChI is InChI=1S/C26H19ClN4O2S2/c1-17-29-30-25(34-17)28-26-31(21-5-3-2-4-6-21)24(32)23(35-26)15-18-9-13-22(14-10-18)33-16-19-7-11-20(27)12-8-19/h2-15H,16H2,1H3/b23-15-,28-26+. The van der Waals surface area contributed by atoms with Crippen molar-refractivity contribution >= 4 is 62.7 Å². The second-order valence-electron chi connectivity index (χ2n) is 7.57. The van der Waals surface area contributed by atoms with Gasteiger partial charge in [-0.3, -0.25) is 9.69 Å². The predicted molar refractivity (Wildman–Crippen MR) is 143 cm³/mol. The Labute approximate surface area is 216 Å². The molecule has 0 aliphatic carbocycles. The van der Waals surface area contributed by atoms with E-state index in [9.17, 15) is 4.79 Å². The minimum Gasteiger partial charge on any atom is -0.489 e. The number of aromatic nitrogens is 2. The number of carbonyl (C=O) groups excluding carboxylic acids is 1. The van der Waals surface area contributed by atoms with Gasteiger partial charge in [-0.1, -0.05) is 65.4 Å². The summed E-state index contributed by atoms with van der Waals surface area (Å²) in [4.78, 5) is 20.1. The van der Waals surface area contributed by atoms with E-state index in [1.54, 1.807) is 4.90 Å². The fourth-order valence-electron chi connectivity index (χ4n) is 3.33. The molecule has 1 fully saturated rings. The SMILES string of the molecule is Cc1nnc(/N=C2/S/C(=C\c3ccc(OCc4ccc(Cl)cc4)cc3)C(=O)N2c2ccccc2)s1. The summed E-state index contributed by atoms with van der Waals surface area (Å²) < 4.78 is 5.86. The zero-order valence-electron chi connectivity index (χ0n) is 18.6. The summed E-state index contributed by atoms with van der Waals surface area (Å²) in [5, 5.41) is 10.7. The first-order valence-corrected chi connectivity index (χ1v) is 12.7. The van der Waals surface area contributed by atoms with Crippen LogP contribution in [0.15, 0.2) is 88.8 Å². The zero-order valence-corrected chi connectivity index (χ0v) is 21.0. The maximum atomic E-state index is 13.4. The van der Waals surface area contributed by atoms with Crippen LogP contribution in [0.4, 0.5) is 10.8 Å². The van der Waals surface area contributed by atoms with Gasteiger partial charge in [0.1, 0.15) is 17.4 Å². The van der Waals surface area contributed by atoms with Gasteiger partial charge in [0.2, 0.25) is 5.13 Å². The van der Waals surface area contributed by atoms with E-state index in [0.717, 1.165) is 27.6 Å². The molecule has 4 aromatic rings. The molecular weight excluding hydrogens is 500 g/mol. The van der Waals surface area contributed by atoms with E-state index in [1.807, 2.05) is 91.9 Å². The first kappa shape index (κ1) is 23.3. The van der Waals surface area contributed by atoms with Crippen molar-refractivity contribution in [3.8, 4) is 5.75 Å². The minimum absolute atomic E-state index is 0.135. The predicted octanol–water partition coefficient (Wildman–Crippen LogP) is 6.89. The maximum absolute atomic E-state index is 13.4. The van der Waals surface area contributed by atoms with Crippen molar-refractivity contribution in [2.45, 2.75) is 13.5 Å². The molecule has 1 aliphatic heterocycles. The average molecular weight is 519 g/mol. The summed E-state index contributed by atoms with van der Waals surface area (Å²) >= 11 is 8.63. The Hall–Kier alpha value is -3.46. The van der Waals surface area contributed by atoms with E-state index >= 15 is 0 Å². The van der Waals surface area contributed by atoms with Crippen LogP contribution in [-0.4, -0.2) is 21.3 Å². The number of aryl methyl sites for hydroxylation is 1. The van der Waals surface area contributed by atoms with E-state index < -0.39 is 0 Å². The van der Waals surface area contributed by atoms with Crippen LogP contribution >= 0.6 is 34.7 Å². The molecule has 6 nitrogen and oxygen atoms in total. The molecule has 0 saturated carbocycles. The molecule has 1 amide bonds. The van der Waals surface area contributed by atoms with Gasteiger partial charge in [0.05, 0.1) is 10.6 Å². The Morgan fingerprint density at radius 3 is 2.43 bits per heavy atom. The molecule has 0 spiro atoms. The topological polar surface area (TPSA) is 67.7 Å². The summed E-state index contributed by atoms with van der Waals surface area (Å²) in [6.45, 7) is 2.32. The highest BCUT2D eigenvalue weighted by Crippen LogP contribution is 2.37. The van der Waals surface area contributed by atoms with Crippen LogP contribution in [0, 0.1) is 6.92 Å². The van der Waals surface area contributed by atoms with Crippen molar-refractivity contribution in [3.05, 3.63) is 105 Å². The molecule has 174 valence electrons. The Morgan fingerprint density at radius 1 is 1.00 bits per heavy atom. The van der Waals surface area contributed by atoms with Crippen LogP contribution in [0.2, 0.25) is 5.02 Å². The lowest BCUT2D eigenvalue weighted by Gasteiger charge is -2.14. The molecule has 3 aromatic carbocycles. The van der Waals surface area contributed by atoms with Crippen molar-refractivity contribution in [3.63, 3.8) is 0 Å². The van der Waals surface area contributed by atoms with Crippen molar-refractivity contribution in [2.75, 3.05) is 4.90 Å². The van der Waals surface area contributed by atoms with Crippen LogP contribution in [0.5, 0.6) is 5.75 Å². The van der Waals surface area contributed by atoms with Gasteiger partial charge in [0.15, 0.2) is 5.17 Å². The second kappa shape index (κ2) is 10.4. The number of amides is 1. The average Bonchev–Trinajstić information content (AvgIpc) is 3.42. The second-order valence-corrected chi connectivity index (χ2v) is 10.2. The number of anilines is 1. The third kappa shape index (κ3) is 5.62. The maximum Gasteiger partial charge on any atom is 0.271 e. The number of ether oxygens (including phenoxy) is 1. The van der Waals surface area contributed by atoms with E-state index in [-0.39, 0.29) is 5.91 Å².